The van der Waals surface area contributed by atoms with Crippen LogP contribution in [0.25, 0.3) is 27.6 Å². The highest BCUT2D eigenvalue weighted by atomic mass is 32.1. The number of carbonyl (C=O) groups excluding carboxylic acids is 1. The van der Waals surface area contributed by atoms with Crippen molar-refractivity contribution in [1.29, 1.82) is 0 Å². The standard InChI is InChI=1S/C26H35N9O2S/c1-6-32(7-2)15-20(36)33-8-10-34(11-9-33)21-13-27-26(38-21)24-22(17(3)4)23(30-31-24)18-12-19(37-5)25-28-16-29-35(25)14-18/h12-14,16-17H,6-11,15H2,1-5H3,(H,30,31). The van der Waals surface area contributed by atoms with Gasteiger partial charge >= 0.3 is 0 Å². The molecule has 1 amide bonds. The number of anilines is 1. The Balaban J connectivity index is 1.35. The quantitative estimate of drug-likeness (QED) is 0.346. The van der Waals surface area contributed by atoms with Crippen LogP contribution in [0.15, 0.2) is 24.8 Å². The zero-order valence-corrected chi connectivity index (χ0v) is 23.5. The molecule has 0 atom stereocenters. The van der Waals surface area contributed by atoms with Gasteiger partial charge in [0.25, 0.3) is 0 Å². The lowest BCUT2D eigenvalue weighted by molar-refractivity contribution is -0.132. The van der Waals surface area contributed by atoms with E-state index in [2.05, 4.69) is 52.7 Å². The number of likely N-dealkylation sites (N-methyl/N-ethyl adjacent to an activating group) is 1. The highest BCUT2D eigenvalue weighted by Gasteiger charge is 2.26. The maximum absolute atomic E-state index is 12.7. The normalized spacial score (nSPS) is 14.3. The van der Waals surface area contributed by atoms with Gasteiger partial charge in [0.2, 0.25) is 5.91 Å². The SMILES string of the molecule is CCN(CC)CC(=O)N1CCN(c2cnc(-c3[nH]nc(-c4cc(OC)c5ncnn5c4)c3C(C)C)s2)CC1. The molecule has 1 N–H and O–H groups in total. The summed E-state index contributed by atoms with van der Waals surface area (Å²) in [5.41, 5.74) is 4.44. The summed E-state index contributed by atoms with van der Waals surface area (Å²) in [5, 5.41) is 14.3. The van der Waals surface area contributed by atoms with Crippen molar-refractivity contribution in [1.82, 2.24) is 39.6 Å². The van der Waals surface area contributed by atoms with Crippen LogP contribution in [0.3, 0.4) is 0 Å². The molecule has 0 saturated carbocycles. The molecule has 202 valence electrons. The second-order valence-electron chi connectivity index (χ2n) is 9.67. The number of nitrogens with one attached hydrogen (secondary N) is 1. The first-order valence-electron chi connectivity index (χ1n) is 13.1. The number of pyridine rings is 1. The van der Waals surface area contributed by atoms with Gasteiger partial charge in [0, 0.05) is 43.5 Å². The van der Waals surface area contributed by atoms with Crippen molar-refractivity contribution >= 4 is 27.9 Å². The Labute approximate surface area is 226 Å². The Morgan fingerprint density at radius 3 is 2.63 bits per heavy atom. The smallest absolute Gasteiger partial charge is 0.236 e. The number of hydrogen-bond acceptors (Lipinski definition) is 9. The first-order valence-corrected chi connectivity index (χ1v) is 13.9. The number of fused-ring (bicyclic) bond motifs is 1. The van der Waals surface area contributed by atoms with E-state index in [-0.39, 0.29) is 11.8 Å². The van der Waals surface area contributed by atoms with E-state index in [9.17, 15) is 4.79 Å². The number of amides is 1. The summed E-state index contributed by atoms with van der Waals surface area (Å²) in [6, 6.07) is 1.95. The second kappa shape index (κ2) is 11.1. The average molecular weight is 538 g/mol. The minimum Gasteiger partial charge on any atom is -0.493 e. The molecule has 1 aliphatic heterocycles. The van der Waals surface area contributed by atoms with Gasteiger partial charge in [-0.2, -0.15) is 10.2 Å². The third-order valence-corrected chi connectivity index (χ3v) is 8.20. The Morgan fingerprint density at radius 2 is 1.95 bits per heavy atom. The summed E-state index contributed by atoms with van der Waals surface area (Å²) >= 11 is 1.65. The number of aromatic nitrogens is 6. The number of methoxy groups -OCH3 is 1. The Bertz CT molecular complexity index is 1400. The van der Waals surface area contributed by atoms with E-state index in [1.54, 1.807) is 23.0 Å². The molecular weight excluding hydrogens is 502 g/mol. The van der Waals surface area contributed by atoms with Gasteiger partial charge in [-0.15, -0.1) is 0 Å². The van der Waals surface area contributed by atoms with Gasteiger partial charge in [0.1, 0.15) is 16.3 Å². The van der Waals surface area contributed by atoms with Crippen molar-refractivity contribution in [3.8, 4) is 27.7 Å². The topological polar surface area (TPSA) is 108 Å². The zero-order chi connectivity index (χ0) is 26.8. The van der Waals surface area contributed by atoms with Crippen molar-refractivity contribution in [2.75, 3.05) is 57.8 Å². The molecule has 1 fully saturated rings. The molecule has 0 bridgehead atoms. The van der Waals surface area contributed by atoms with Crippen molar-refractivity contribution in [2.24, 2.45) is 0 Å². The molecule has 38 heavy (non-hydrogen) atoms. The predicted octanol–water partition coefficient (Wildman–Crippen LogP) is 3.37. The van der Waals surface area contributed by atoms with Crippen LogP contribution in [0.1, 0.15) is 39.2 Å². The van der Waals surface area contributed by atoms with Crippen molar-refractivity contribution in [3.05, 3.63) is 30.4 Å². The maximum Gasteiger partial charge on any atom is 0.236 e. The second-order valence-corrected chi connectivity index (χ2v) is 10.7. The zero-order valence-electron chi connectivity index (χ0n) is 22.6. The molecule has 0 aromatic carbocycles. The maximum atomic E-state index is 12.7. The fraction of sp³-hybridized carbons (Fsp3) is 0.500. The lowest BCUT2D eigenvalue weighted by Crippen LogP contribution is -2.51. The monoisotopic (exact) mass is 537 g/mol. The largest absolute Gasteiger partial charge is 0.493 e. The lowest BCUT2D eigenvalue weighted by atomic mass is 9.97. The number of carbonyl (C=O) groups is 1. The van der Waals surface area contributed by atoms with E-state index in [1.165, 1.54) is 6.33 Å². The number of thiazole rings is 1. The molecule has 4 aromatic heterocycles. The van der Waals surface area contributed by atoms with Crippen LogP contribution in [-0.4, -0.2) is 98.4 Å². The Kier molecular flexibility index (Phi) is 7.61. The Morgan fingerprint density at radius 1 is 1.18 bits per heavy atom. The lowest BCUT2D eigenvalue weighted by Gasteiger charge is -2.36. The number of rotatable bonds is 9. The van der Waals surface area contributed by atoms with Gasteiger partial charge in [0.05, 0.1) is 31.2 Å². The number of aromatic amines is 1. The van der Waals surface area contributed by atoms with E-state index >= 15 is 0 Å². The third-order valence-electron chi connectivity index (χ3n) is 7.12. The minimum atomic E-state index is 0.212. The van der Waals surface area contributed by atoms with Crippen molar-refractivity contribution in [2.45, 2.75) is 33.6 Å². The first-order chi connectivity index (χ1) is 18.4. The van der Waals surface area contributed by atoms with Crippen LogP contribution in [0.4, 0.5) is 5.00 Å². The van der Waals surface area contributed by atoms with Crippen LogP contribution in [-0.2, 0) is 4.79 Å². The van der Waals surface area contributed by atoms with Crippen LogP contribution < -0.4 is 9.64 Å². The van der Waals surface area contributed by atoms with Gasteiger partial charge in [-0.3, -0.25) is 14.8 Å². The van der Waals surface area contributed by atoms with Crippen molar-refractivity contribution in [3.63, 3.8) is 0 Å². The summed E-state index contributed by atoms with van der Waals surface area (Å²) in [4.78, 5) is 28.2. The van der Waals surface area contributed by atoms with Gasteiger partial charge in [-0.1, -0.05) is 39.0 Å². The van der Waals surface area contributed by atoms with Gasteiger partial charge in [0.15, 0.2) is 11.4 Å². The Hall–Kier alpha value is -3.51. The van der Waals surface area contributed by atoms with E-state index in [1.807, 2.05) is 23.4 Å². The van der Waals surface area contributed by atoms with Gasteiger partial charge < -0.3 is 14.5 Å². The van der Waals surface area contributed by atoms with Crippen LogP contribution in [0.2, 0.25) is 0 Å². The average Bonchev–Trinajstić information content (AvgIpc) is 3.70. The fourth-order valence-electron chi connectivity index (χ4n) is 4.91. The summed E-state index contributed by atoms with van der Waals surface area (Å²) in [6.07, 6.45) is 5.37. The van der Waals surface area contributed by atoms with E-state index < -0.39 is 0 Å². The van der Waals surface area contributed by atoms with Crippen LogP contribution in [0, 0.1) is 0 Å². The highest BCUT2D eigenvalue weighted by Crippen LogP contribution is 2.39. The summed E-state index contributed by atoms with van der Waals surface area (Å²) in [5.74, 6) is 1.07. The molecule has 4 aromatic rings. The predicted molar refractivity (Wildman–Crippen MR) is 149 cm³/mol. The first kappa shape index (κ1) is 26.1. The molecule has 0 unspecified atom stereocenters. The number of H-pyrrole nitrogens is 1. The summed E-state index contributed by atoms with van der Waals surface area (Å²) in [7, 11) is 1.63. The third kappa shape index (κ3) is 4.97. The number of hydrogen-bond donors (Lipinski definition) is 1. The highest BCUT2D eigenvalue weighted by molar-refractivity contribution is 7.18. The summed E-state index contributed by atoms with van der Waals surface area (Å²) < 4.78 is 7.27. The molecule has 1 saturated heterocycles. The molecule has 1 aliphatic rings. The molecule has 5 heterocycles. The summed E-state index contributed by atoms with van der Waals surface area (Å²) in [6.45, 7) is 13.8. The number of nitrogens with zero attached hydrogens (tertiary/aromatic N) is 8. The van der Waals surface area contributed by atoms with E-state index in [0.29, 0.717) is 17.9 Å². The number of piperazine rings is 1. The van der Waals surface area contributed by atoms with Crippen LogP contribution >= 0.6 is 11.3 Å². The van der Waals surface area contributed by atoms with Crippen LogP contribution in [0.5, 0.6) is 5.75 Å². The fourth-order valence-corrected chi connectivity index (χ4v) is 5.89. The minimum absolute atomic E-state index is 0.212. The molecule has 0 aliphatic carbocycles. The number of ether oxygens (including phenoxy) is 1. The van der Waals surface area contributed by atoms with E-state index in [0.717, 1.165) is 71.8 Å². The van der Waals surface area contributed by atoms with E-state index in [4.69, 9.17) is 14.8 Å². The molecule has 0 spiro atoms. The van der Waals surface area contributed by atoms with Crippen molar-refractivity contribution < 1.29 is 9.53 Å². The van der Waals surface area contributed by atoms with Gasteiger partial charge in [-0.05, 0) is 25.1 Å². The molecule has 0 radical (unpaired) electrons. The molecule has 5 rings (SSSR count). The molecule has 12 heteroatoms. The molecular formula is C26H35N9O2S. The molecule has 11 nitrogen and oxygen atoms in total. The van der Waals surface area contributed by atoms with Gasteiger partial charge in [-0.25, -0.2) is 14.5 Å².